The van der Waals surface area contributed by atoms with Crippen LogP contribution in [0.15, 0.2) is 42.2 Å². The van der Waals surface area contributed by atoms with E-state index in [1.165, 1.54) is 19.2 Å². The van der Waals surface area contributed by atoms with Crippen molar-refractivity contribution in [3.63, 3.8) is 0 Å². The lowest BCUT2D eigenvalue weighted by Gasteiger charge is -2.14. The first kappa shape index (κ1) is 17.7. The molecule has 0 unspecified atom stereocenters. The maximum Gasteiger partial charge on any atom is 0.312 e. The molecule has 5 nitrogen and oxygen atoms in total. The first-order valence-corrected chi connectivity index (χ1v) is 8.85. The quantitative estimate of drug-likeness (QED) is 0.245. The Labute approximate surface area is 159 Å². The van der Waals surface area contributed by atoms with E-state index in [0.717, 1.165) is 8.95 Å². The summed E-state index contributed by atoms with van der Waals surface area (Å²) >= 11 is 13.4. The molecular formula is C13H7Br4NO4. The second kappa shape index (κ2) is 7.29. The Morgan fingerprint density at radius 2 is 1.73 bits per heavy atom. The first-order chi connectivity index (χ1) is 10.3. The molecule has 0 aliphatic heterocycles. The maximum absolute atomic E-state index is 11.2. The van der Waals surface area contributed by atoms with Gasteiger partial charge in [-0.25, -0.2) is 0 Å². The number of methoxy groups -OCH3 is 1. The summed E-state index contributed by atoms with van der Waals surface area (Å²) in [6.45, 7) is 0. The second-order valence-corrected chi connectivity index (χ2v) is 7.34. The zero-order valence-corrected chi connectivity index (χ0v) is 17.2. The summed E-state index contributed by atoms with van der Waals surface area (Å²) in [4.78, 5) is 10.6. The largest absolute Gasteiger partial charge is 0.492 e. The first-order valence-electron chi connectivity index (χ1n) is 5.68. The number of hydrogen-bond acceptors (Lipinski definition) is 4. The van der Waals surface area contributed by atoms with Crippen molar-refractivity contribution >= 4 is 69.4 Å². The van der Waals surface area contributed by atoms with Crippen LogP contribution in [-0.4, -0.2) is 12.0 Å². The van der Waals surface area contributed by atoms with Crippen molar-refractivity contribution in [1.82, 2.24) is 0 Å². The lowest BCUT2D eigenvalue weighted by atomic mass is 10.3. The fourth-order valence-electron chi connectivity index (χ4n) is 1.66. The Morgan fingerprint density at radius 1 is 1.05 bits per heavy atom. The molecule has 0 bridgehead atoms. The van der Waals surface area contributed by atoms with Crippen molar-refractivity contribution < 1.29 is 14.4 Å². The molecule has 0 aliphatic carbocycles. The summed E-state index contributed by atoms with van der Waals surface area (Å²) < 4.78 is 13.7. The van der Waals surface area contributed by atoms with Crippen LogP contribution in [-0.2, 0) is 0 Å². The Bertz CT molecular complexity index is 751. The Hall–Kier alpha value is -0.640. The molecular weight excluding hydrogens is 554 g/mol. The highest BCUT2D eigenvalue weighted by Gasteiger charge is 2.21. The minimum atomic E-state index is -0.504. The van der Waals surface area contributed by atoms with Gasteiger partial charge in [-0.15, -0.1) is 0 Å². The molecule has 0 fully saturated rings. The van der Waals surface area contributed by atoms with Gasteiger partial charge in [0.05, 0.1) is 16.5 Å². The molecule has 0 amide bonds. The summed E-state index contributed by atoms with van der Waals surface area (Å²) in [5.74, 6) is 0.884. The van der Waals surface area contributed by atoms with Crippen LogP contribution in [0.2, 0.25) is 0 Å². The Balaban J connectivity index is 2.54. The van der Waals surface area contributed by atoms with E-state index in [9.17, 15) is 10.1 Å². The predicted octanol–water partition coefficient (Wildman–Crippen LogP) is 6.45. The molecule has 2 rings (SSSR count). The molecule has 0 aromatic heterocycles. The van der Waals surface area contributed by atoms with Gasteiger partial charge in [0.2, 0.25) is 5.75 Å². The summed E-state index contributed by atoms with van der Waals surface area (Å²) in [7, 11) is 1.49. The van der Waals surface area contributed by atoms with Crippen molar-refractivity contribution in [3.8, 4) is 17.2 Å². The van der Waals surface area contributed by atoms with Crippen LogP contribution in [0.1, 0.15) is 0 Å². The minimum Gasteiger partial charge on any atom is -0.492 e. The molecule has 0 saturated carbocycles. The topological polar surface area (TPSA) is 61.6 Å². The predicted molar refractivity (Wildman–Crippen MR) is 97.0 cm³/mol. The van der Waals surface area contributed by atoms with Crippen LogP contribution in [0.4, 0.5) is 5.69 Å². The van der Waals surface area contributed by atoms with Gasteiger partial charge in [0.15, 0.2) is 11.5 Å². The highest BCUT2D eigenvalue weighted by Crippen LogP contribution is 2.47. The van der Waals surface area contributed by atoms with E-state index in [1.54, 1.807) is 12.1 Å². The highest BCUT2D eigenvalue weighted by molar-refractivity contribution is 9.14. The number of halogens is 4. The van der Waals surface area contributed by atoms with E-state index in [-0.39, 0.29) is 11.4 Å². The van der Waals surface area contributed by atoms with E-state index in [4.69, 9.17) is 9.47 Å². The average molecular weight is 561 g/mol. The number of nitro benzene ring substituents is 1. The molecule has 0 N–H and O–H groups in total. The van der Waals surface area contributed by atoms with Crippen LogP contribution in [0, 0.1) is 10.1 Å². The molecule has 2 aromatic rings. The molecule has 22 heavy (non-hydrogen) atoms. The Morgan fingerprint density at radius 3 is 2.32 bits per heavy atom. The third kappa shape index (κ3) is 3.64. The molecule has 0 spiro atoms. The van der Waals surface area contributed by atoms with E-state index < -0.39 is 4.92 Å². The van der Waals surface area contributed by atoms with E-state index in [0.29, 0.717) is 20.4 Å². The van der Waals surface area contributed by atoms with Gasteiger partial charge in [0.25, 0.3) is 0 Å². The van der Waals surface area contributed by atoms with Gasteiger partial charge in [0.1, 0.15) is 0 Å². The highest BCUT2D eigenvalue weighted by atomic mass is 79.9. The zero-order chi connectivity index (χ0) is 16.4. The van der Waals surface area contributed by atoms with Gasteiger partial charge < -0.3 is 9.47 Å². The lowest BCUT2D eigenvalue weighted by Crippen LogP contribution is -1.96. The second-order valence-electron chi connectivity index (χ2n) is 3.99. The van der Waals surface area contributed by atoms with Gasteiger partial charge in [-0.3, -0.25) is 10.1 Å². The average Bonchev–Trinajstić information content (AvgIpc) is 2.47. The molecule has 116 valence electrons. The normalized spacial score (nSPS) is 10.4. The number of nitro groups is 1. The van der Waals surface area contributed by atoms with Crippen molar-refractivity contribution in [3.05, 3.63) is 52.3 Å². The number of ether oxygens (including phenoxy) is 2. The molecule has 0 saturated heterocycles. The molecule has 9 heteroatoms. The molecule has 0 radical (unpaired) electrons. The number of hydrogen-bond donors (Lipinski definition) is 0. The third-order valence-electron chi connectivity index (χ3n) is 2.63. The van der Waals surface area contributed by atoms with Gasteiger partial charge >= 0.3 is 5.69 Å². The minimum absolute atomic E-state index is 0.118. The lowest BCUT2D eigenvalue weighted by molar-refractivity contribution is -0.385. The van der Waals surface area contributed by atoms with E-state index >= 15 is 0 Å². The molecule has 0 atom stereocenters. The van der Waals surface area contributed by atoms with E-state index in [1.807, 2.05) is 0 Å². The van der Waals surface area contributed by atoms with Gasteiger partial charge in [-0.1, -0.05) is 15.9 Å². The van der Waals surface area contributed by atoms with Crippen LogP contribution < -0.4 is 9.47 Å². The van der Waals surface area contributed by atoms with Crippen molar-refractivity contribution in [2.24, 2.45) is 0 Å². The van der Waals surface area contributed by atoms with Crippen molar-refractivity contribution in [2.45, 2.75) is 0 Å². The fourth-order valence-corrected chi connectivity index (χ4v) is 3.55. The van der Waals surface area contributed by atoms with Crippen LogP contribution in [0.25, 0.3) is 0 Å². The monoisotopic (exact) mass is 557 g/mol. The smallest absolute Gasteiger partial charge is 0.312 e. The summed E-state index contributed by atoms with van der Waals surface area (Å²) in [6, 6.07) is 6.23. The summed E-state index contributed by atoms with van der Waals surface area (Å²) in [6.07, 6.45) is 0. The Kier molecular flexibility index (Phi) is 5.87. The van der Waals surface area contributed by atoms with Crippen molar-refractivity contribution in [1.29, 1.82) is 0 Å². The van der Waals surface area contributed by atoms with Gasteiger partial charge in [-0.2, -0.15) is 0 Å². The van der Waals surface area contributed by atoms with E-state index in [2.05, 4.69) is 63.7 Å². The summed E-state index contributed by atoms with van der Waals surface area (Å²) in [5, 5.41) is 11.2. The van der Waals surface area contributed by atoms with Gasteiger partial charge in [0, 0.05) is 25.6 Å². The van der Waals surface area contributed by atoms with Crippen LogP contribution in [0.3, 0.4) is 0 Å². The number of nitrogens with zero attached hydrogens (tertiary/aromatic N) is 1. The molecule has 0 heterocycles. The number of rotatable bonds is 4. The molecule has 2 aromatic carbocycles. The summed E-state index contributed by atoms with van der Waals surface area (Å²) in [5.41, 5.74) is -0.147. The number of benzene rings is 2. The molecule has 0 aliphatic rings. The van der Waals surface area contributed by atoms with Crippen LogP contribution >= 0.6 is 63.7 Å². The van der Waals surface area contributed by atoms with Crippen molar-refractivity contribution in [2.75, 3.05) is 7.11 Å². The maximum atomic E-state index is 11.2. The zero-order valence-electron chi connectivity index (χ0n) is 10.9. The standard InChI is InChI=1S/C13H7Br4NO4/c1-21-13-10(5-7(15)11(16)12(13)17)22-9-3-2-6(14)4-8(9)18(19)20/h2-5H,1H3. The third-order valence-corrected chi connectivity index (χ3v) is 6.39. The van der Waals surface area contributed by atoms with Crippen LogP contribution in [0.5, 0.6) is 17.2 Å². The van der Waals surface area contributed by atoms with Gasteiger partial charge in [-0.05, 0) is 59.9 Å². The SMILES string of the molecule is COc1c(Oc2ccc(Br)cc2[N+](=O)[O-])cc(Br)c(Br)c1Br. The fraction of sp³-hybridized carbons (Fsp3) is 0.0769.